The van der Waals surface area contributed by atoms with Crippen LogP contribution >= 0.6 is 11.6 Å². The van der Waals surface area contributed by atoms with Crippen molar-refractivity contribution in [2.24, 2.45) is 0 Å². The van der Waals surface area contributed by atoms with Crippen LogP contribution in [0.15, 0.2) is 18.2 Å². The van der Waals surface area contributed by atoms with Gasteiger partial charge < -0.3 is 9.84 Å². The van der Waals surface area contributed by atoms with E-state index in [1.807, 2.05) is 23.1 Å². The lowest BCUT2D eigenvalue weighted by atomic mass is 10.2. The molecule has 1 N–H and O–H groups in total. The van der Waals surface area contributed by atoms with E-state index in [1.165, 1.54) is 0 Å². The number of carboxylic acids is 1. The van der Waals surface area contributed by atoms with Gasteiger partial charge in [-0.1, -0.05) is 17.7 Å². The maximum absolute atomic E-state index is 11.1. The fraction of sp³-hybridized carbons (Fsp3) is 0.462. The highest BCUT2D eigenvalue weighted by Gasteiger charge is 2.30. The summed E-state index contributed by atoms with van der Waals surface area (Å²) < 4.78 is 5.09. The van der Waals surface area contributed by atoms with Gasteiger partial charge in [0.25, 0.3) is 0 Å². The number of hydrogen-bond donors (Lipinski definition) is 1. The molecule has 0 spiro atoms. The van der Waals surface area contributed by atoms with Gasteiger partial charge in [-0.2, -0.15) is 0 Å². The Kier molecular flexibility index (Phi) is 4.09. The number of methoxy groups -OCH3 is 1. The summed E-state index contributed by atoms with van der Waals surface area (Å²) in [5.74, 6) is -0.108. The molecule has 0 aliphatic carbocycles. The molecule has 1 fully saturated rings. The first-order valence-corrected chi connectivity index (χ1v) is 6.29. The zero-order chi connectivity index (χ0) is 13.1. The summed E-state index contributed by atoms with van der Waals surface area (Å²) in [6, 6.07) is 5.19. The number of rotatable bonds is 4. The van der Waals surface area contributed by atoms with Gasteiger partial charge in [0, 0.05) is 6.54 Å². The van der Waals surface area contributed by atoms with Crippen LogP contribution in [0, 0.1) is 0 Å². The SMILES string of the molecule is COc1ccc(CN2CCCC2C(=O)O)cc1Cl. The van der Waals surface area contributed by atoms with Gasteiger partial charge in [-0.15, -0.1) is 0 Å². The Morgan fingerprint density at radius 3 is 3.00 bits per heavy atom. The average molecular weight is 270 g/mol. The first kappa shape index (κ1) is 13.2. The summed E-state index contributed by atoms with van der Waals surface area (Å²) in [5, 5.41) is 9.67. The molecule has 1 aliphatic rings. The largest absolute Gasteiger partial charge is 0.495 e. The van der Waals surface area contributed by atoms with Crippen LogP contribution < -0.4 is 4.74 Å². The van der Waals surface area contributed by atoms with Crippen LogP contribution in [0.25, 0.3) is 0 Å². The second-order valence-corrected chi connectivity index (χ2v) is 4.84. The lowest BCUT2D eigenvalue weighted by Gasteiger charge is -2.21. The monoisotopic (exact) mass is 269 g/mol. The van der Waals surface area contributed by atoms with Crippen LogP contribution in [0.2, 0.25) is 5.02 Å². The predicted molar refractivity (Wildman–Crippen MR) is 69.1 cm³/mol. The van der Waals surface area contributed by atoms with Crippen LogP contribution in [0.3, 0.4) is 0 Å². The third-order valence-electron chi connectivity index (χ3n) is 3.25. The molecular formula is C13H16ClNO3. The number of aliphatic carboxylic acids is 1. The molecule has 2 rings (SSSR count). The van der Waals surface area contributed by atoms with E-state index in [1.54, 1.807) is 7.11 Å². The van der Waals surface area contributed by atoms with Gasteiger partial charge in [-0.3, -0.25) is 9.69 Å². The normalized spacial score (nSPS) is 20.0. The number of nitrogens with zero attached hydrogens (tertiary/aromatic N) is 1. The van der Waals surface area contributed by atoms with E-state index in [-0.39, 0.29) is 6.04 Å². The van der Waals surface area contributed by atoms with Crippen LogP contribution in [-0.4, -0.2) is 35.7 Å². The van der Waals surface area contributed by atoms with Gasteiger partial charge in [0.1, 0.15) is 11.8 Å². The maximum Gasteiger partial charge on any atom is 0.320 e. The molecule has 5 heteroatoms. The Morgan fingerprint density at radius 1 is 1.61 bits per heavy atom. The number of benzene rings is 1. The van der Waals surface area contributed by atoms with E-state index in [0.29, 0.717) is 17.3 Å². The number of ether oxygens (including phenoxy) is 1. The maximum atomic E-state index is 11.1. The Labute approximate surface area is 111 Å². The molecule has 18 heavy (non-hydrogen) atoms. The lowest BCUT2D eigenvalue weighted by molar-refractivity contribution is -0.142. The Morgan fingerprint density at radius 2 is 2.39 bits per heavy atom. The fourth-order valence-corrected chi connectivity index (χ4v) is 2.62. The van der Waals surface area contributed by atoms with Crippen molar-refractivity contribution in [3.05, 3.63) is 28.8 Å². The predicted octanol–water partition coefficient (Wildman–Crippen LogP) is 2.40. The summed E-state index contributed by atoms with van der Waals surface area (Å²) in [7, 11) is 1.57. The standard InChI is InChI=1S/C13H16ClNO3/c1-18-12-5-4-9(7-10(12)14)8-15-6-2-3-11(15)13(16)17/h4-5,7,11H,2-3,6,8H2,1H3,(H,16,17). The highest BCUT2D eigenvalue weighted by Crippen LogP contribution is 2.27. The van der Waals surface area contributed by atoms with Gasteiger partial charge in [0.05, 0.1) is 12.1 Å². The molecule has 1 heterocycles. The number of carboxylic acid groups (broad SMARTS) is 1. The minimum Gasteiger partial charge on any atom is -0.495 e. The van der Waals surface area contributed by atoms with Gasteiger partial charge in [-0.25, -0.2) is 0 Å². The van der Waals surface area contributed by atoms with Crippen molar-refractivity contribution >= 4 is 17.6 Å². The second kappa shape index (κ2) is 5.59. The molecule has 1 unspecified atom stereocenters. The lowest BCUT2D eigenvalue weighted by Crippen LogP contribution is -2.35. The minimum atomic E-state index is -0.743. The molecule has 0 bridgehead atoms. The summed E-state index contributed by atoms with van der Waals surface area (Å²) in [6.45, 7) is 1.43. The Hall–Kier alpha value is -1.26. The molecule has 1 aromatic carbocycles. The highest BCUT2D eigenvalue weighted by atomic mass is 35.5. The van der Waals surface area contributed by atoms with Crippen molar-refractivity contribution in [1.82, 2.24) is 4.90 Å². The number of halogens is 1. The molecule has 1 aliphatic heterocycles. The minimum absolute atomic E-state index is 0.370. The third-order valence-corrected chi connectivity index (χ3v) is 3.55. The first-order valence-electron chi connectivity index (χ1n) is 5.91. The molecular weight excluding hydrogens is 254 g/mol. The van der Waals surface area contributed by atoms with Gasteiger partial charge >= 0.3 is 5.97 Å². The van der Waals surface area contributed by atoms with Gasteiger partial charge in [-0.05, 0) is 37.1 Å². The number of carbonyl (C=O) groups is 1. The van der Waals surface area contributed by atoms with Gasteiger partial charge in [0.2, 0.25) is 0 Å². The highest BCUT2D eigenvalue weighted by molar-refractivity contribution is 6.32. The van der Waals surface area contributed by atoms with Crippen molar-refractivity contribution in [3.63, 3.8) is 0 Å². The molecule has 1 atom stereocenters. The quantitative estimate of drug-likeness (QED) is 0.912. The van der Waals surface area contributed by atoms with Gasteiger partial charge in [0.15, 0.2) is 0 Å². The summed E-state index contributed by atoms with van der Waals surface area (Å²) >= 11 is 6.05. The molecule has 0 radical (unpaired) electrons. The fourth-order valence-electron chi connectivity index (χ4n) is 2.34. The van der Waals surface area contributed by atoms with Crippen LogP contribution in [0.4, 0.5) is 0 Å². The van der Waals surface area contributed by atoms with Crippen molar-refractivity contribution < 1.29 is 14.6 Å². The van der Waals surface area contributed by atoms with Crippen molar-refractivity contribution in [3.8, 4) is 5.75 Å². The summed E-state index contributed by atoms with van der Waals surface area (Å²) in [5.41, 5.74) is 1.01. The molecule has 0 amide bonds. The van der Waals surface area contributed by atoms with Crippen LogP contribution in [0.1, 0.15) is 18.4 Å². The second-order valence-electron chi connectivity index (χ2n) is 4.44. The third kappa shape index (κ3) is 2.76. The van der Waals surface area contributed by atoms with Crippen LogP contribution in [0.5, 0.6) is 5.75 Å². The van der Waals surface area contributed by atoms with E-state index < -0.39 is 5.97 Å². The molecule has 1 aromatic rings. The zero-order valence-corrected chi connectivity index (χ0v) is 11.0. The van der Waals surface area contributed by atoms with Crippen molar-refractivity contribution in [1.29, 1.82) is 0 Å². The molecule has 98 valence electrons. The van der Waals surface area contributed by atoms with E-state index in [9.17, 15) is 4.79 Å². The number of likely N-dealkylation sites (tertiary alicyclic amines) is 1. The molecule has 0 saturated carbocycles. The van der Waals surface area contributed by atoms with E-state index in [4.69, 9.17) is 21.4 Å². The Bertz CT molecular complexity index is 450. The molecule has 4 nitrogen and oxygen atoms in total. The van der Waals surface area contributed by atoms with E-state index in [2.05, 4.69) is 0 Å². The topological polar surface area (TPSA) is 49.8 Å². The molecule has 1 saturated heterocycles. The summed E-state index contributed by atoms with van der Waals surface area (Å²) in [4.78, 5) is 13.1. The zero-order valence-electron chi connectivity index (χ0n) is 10.2. The number of hydrogen-bond acceptors (Lipinski definition) is 3. The summed E-state index contributed by atoms with van der Waals surface area (Å²) in [6.07, 6.45) is 1.65. The first-order chi connectivity index (χ1) is 8.61. The van der Waals surface area contributed by atoms with E-state index in [0.717, 1.165) is 24.9 Å². The van der Waals surface area contributed by atoms with Crippen LogP contribution in [-0.2, 0) is 11.3 Å². The Balaban J connectivity index is 2.09. The molecule has 0 aromatic heterocycles. The smallest absolute Gasteiger partial charge is 0.320 e. The average Bonchev–Trinajstić information content (AvgIpc) is 2.77. The van der Waals surface area contributed by atoms with Crippen molar-refractivity contribution in [2.75, 3.05) is 13.7 Å². The van der Waals surface area contributed by atoms with Crippen molar-refractivity contribution in [2.45, 2.75) is 25.4 Å². The van der Waals surface area contributed by atoms with E-state index >= 15 is 0 Å².